The zero-order valence-corrected chi connectivity index (χ0v) is 14.2. The van der Waals surface area contributed by atoms with Crippen LogP contribution in [-0.4, -0.2) is 34.2 Å². The maximum absolute atomic E-state index is 12.4. The highest BCUT2D eigenvalue weighted by Crippen LogP contribution is 2.35. The SMILES string of the molecule is O=C(CCN1C(=O)[C@@H]2CC=CC[C@H]2C1=O)Nc1cccc2cccnc12. The number of hydrogen-bond acceptors (Lipinski definition) is 4. The van der Waals surface area contributed by atoms with Crippen molar-refractivity contribution >= 4 is 34.3 Å². The molecule has 3 amide bonds. The van der Waals surface area contributed by atoms with Crippen LogP contribution in [0.25, 0.3) is 10.9 Å². The van der Waals surface area contributed by atoms with Crippen LogP contribution in [-0.2, 0) is 14.4 Å². The number of fused-ring (bicyclic) bond motifs is 2. The van der Waals surface area contributed by atoms with Crippen LogP contribution in [0.4, 0.5) is 5.69 Å². The average Bonchev–Trinajstić information content (AvgIpc) is 2.91. The standard InChI is InChI=1S/C20H19N3O3/c24-17(22-16-9-3-5-13-6-4-11-21-18(13)16)10-12-23-19(25)14-7-1-2-8-15(14)20(23)26/h1-6,9,11,14-15H,7-8,10,12H2,(H,22,24)/t14-,15-/m1/s1. The van der Waals surface area contributed by atoms with Gasteiger partial charge in [-0.3, -0.25) is 24.3 Å². The number of nitrogens with one attached hydrogen (secondary N) is 1. The molecular formula is C20H19N3O3. The van der Waals surface area contributed by atoms with E-state index in [4.69, 9.17) is 0 Å². The van der Waals surface area contributed by atoms with E-state index < -0.39 is 0 Å². The van der Waals surface area contributed by atoms with Gasteiger partial charge in [-0.25, -0.2) is 0 Å². The maximum Gasteiger partial charge on any atom is 0.233 e. The van der Waals surface area contributed by atoms with Crippen molar-refractivity contribution in [3.05, 3.63) is 48.7 Å². The fraction of sp³-hybridized carbons (Fsp3) is 0.300. The molecule has 1 N–H and O–H groups in total. The number of benzene rings is 1. The van der Waals surface area contributed by atoms with Gasteiger partial charge >= 0.3 is 0 Å². The molecule has 0 bridgehead atoms. The van der Waals surface area contributed by atoms with E-state index in [1.54, 1.807) is 12.3 Å². The van der Waals surface area contributed by atoms with Crippen molar-refractivity contribution in [2.45, 2.75) is 19.3 Å². The van der Waals surface area contributed by atoms with Gasteiger partial charge < -0.3 is 5.32 Å². The highest BCUT2D eigenvalue weighted by Gasteiger charge is 2.46. The number of allylic oxidation sites excluding steroid dienone is 2. The molecule has 26 heavy (non-hydrogen) atoms. The van der Waals surface area contributed by atoms with Gasteiger partial charge in [-0.05, 0) is 25.0 Å². The van der Waals surface area contributed by atoms with Crippen LogP contribution in [0.2, 0.25) is 0 Å². The van der Waals surface area contributed by atoms with Gasteiger partial charge in [0.25, 0.3) is 0 Å². The summed E-state index contributed by atoms with van der Waals surface area (Å²) in [5.41, 5.74) is 1.35. The summed E-state index contributed by atoms with van der Waals surface area (Å²) in [6.07, 6.45) is 6.88. The van der Waals surface area contributed by atoms with Crippen LogP contribution < -0.4 is 5.32 Å². The monoisotopic (exact) mass is 349 g/mol. The van der Waals surface area contributed by atoms with Gasteiger partial charge in [-0.1, -0.05) is 30.4 Å². The predicted octanol–water partition coefficient (Wildman–Crippen LogP) is 2.51. The number of nitrogens with zero attached hydrogens (tertiary/aromatic N) is 2. The molecule has 2 aliphatic rings. The van der Waals surface area contributed by atoms with Crippen molar-refractivity contribution in [1.29, 1.82) is 0 Å². The minimum absolute atomic E-state index is 0.0770. The third kappa shape index (κ3) is 2.87. The third-order valence-corrected chi connectivity index (χ3v) is 5.07. The van der Waals surface area contributed by atoms with E-state index in [9.17, 15) is 14.4 Å². The normalized spacial score (nSPS) is 21.9. The molecule has 1 aliphatic carbocycles. The number of amides is 3. The Morgan fingerprint density at radius 2 is 1.77 bits per heavy atom. The van der Waals surface area contributed by atoms with Gasteiger partial charge in [-0.15, -0.1) is 0 Å². The van der Waals surface area contributed by atoms with E-state index in [2.05, 4.69) is 10.3 Å². The summed E-state index contributed by atoms with van der Waals surface area (Å²) in [4.78, 5) is 42.7. The Morgan fingerprint density at radius 1 is 1.08 bits per heavy atom. The summed E-state index contributed by atoms with van der Waals surface area (Å²) in [5.74, 6) is -1.04. The van der Waals surface area contributed by atoms with Crippen molar-refractivity contribution in [2.75, 3.05) is 11.9 Å². The first kappa shape index (κ1) is 16.4. The zero-order chi connectivity index (χ0) is 18.1. The molecule has 0 saturated carbocycles. The first-order valence-electron chi connectivity index (χ1n) is 8.79. The molecule has 1 saturated heterocycles. The van der Waals surface area contributed by atoms with Gasteiger partial charge in [0.15, 0.2) is 0 Å². The smallest absolute Gasteiger partial charge is 0.233 e. The van der Waals surface area contributed by atoms with Crippen LogP contribution in [0.15, 0.2) is 48.7 Å². The van der Waals surface area contributed by atoms with Crippen molar-refractivity contribution in [2.24, 2.45) is 11.8 Å². The summed E-state index contributed by atoms with van der Waals surface area (Å²) in [5, 5.41) is 3.78. The van der Waals surface area contributed by atoms with Crippen LogP contribution in [0.1, 0.15) is 19.3 Å². The number of carbonyl (C=O) groups is 3. The lowest BCUT2D eigenvalue weighted by Gasteiger charge is -2.14. The summed E-state index contributed by atoms with van der Waals surface area (Å²) in [6, 6.07) is 9.34. The van der Waals surface area contributed by atoms with Gasteiger partial charge in [0.2, 0.25) is 17.7 Å². The van der Waals surface area contributed by atoms with Crippen LogP contribution in [0.3, 0.4) is 0 Å². The minimum Gasteiger partial charge on any atom is -0.324 e. The van der Waals surface area contributed by atoms with Gasteiger partial charge in [-0.2, -0.15) is 0 Å². The molecule has 6 heteroatoms. The van der Waals surface area contributed by atoms with E-state index in [0.717, 1.165) is 5.39 Å². The maximum atomic E-state index is 12.4. The molecule has 2 aromatic rings. The second kappa shape index (κ2) is 6.71. The fourth-order valence-electron chi connectivity index (χ4n) is 3.72. The molecule has 1 aromatic heterocycles. The highest BCUT2D eigenvalue weighted by molar-refractivity contribution is 6.06. The Morgan fingerprint density at radius 3 is 2.50 bits per heavy atom. The second-order valence-electron chi connectivity index (χ2n) is 6.66. The largest absolute Gasteiger partial charge is 0.324 e. The van der Waals surface area contributed by atoms with Crippen molar-refractivity contribution in [3.63, 3.8) is 0 Å². The van der Waals surface area contributed by atoms with E-state index >= 15 is 0 Å². The summed E-state index contributed by atoms with van der Waals surface area (Å²) in [6.45, 7) is 0.120. The quantitative estimate of drug-likeness (QED) is 0.679. The van der Waals surface area contributed by atoms with Gasteiger partial charge in [0.05, 0.1) is 23.0 Å². The number of hydrogen-bond donors (Lipinski definition) is 1. The molecule has 1 aromatic carbocycles. The van der Waals surface area contributed by atoms with E-state index in [1.165, 1.54) is 4.90 Å². The zero-order valence-electron chi connectivity index (χ0n) is 14.2. The second-order valence-corrected chi connectivity index (χ2v) is 6.66. The summed E-state index contributed by atoms with van der Waals surface area (Å²) >= 11 is 0. The lowest BCUT2D eigenvalue weighted by atomic mass is 9.85. The number of anilines is 1. The number of aromatic nitrogens is 1. The van der Waals surface area contributed by atoms with Crippen molar-refractivity contribution in [1.82, 2.24) is 9.88 Å². The Hall–Kier alpha value is -3.02. The molecule has 1 fully saturated rings. The summed E-state index contributed by atoms with van der Waals surface area (Å²) < 4.78 is 0. The number of carbonyl (C=O) groups excluding carboxylic acids is 3. The molecule has 1 aliphatic heterocycles. The lowest BCUT2D eigenvalue weighted by molar-refractivity contribution is -0.140. The van der Waals surface area contributed by atoms with Gasteiger partial charge in [0, 0.05) is 24.5 Å². The molecule has 0 unspecified atom stereocenters. The molecule has 4 rings (SSSR count). The fourth-order valence-corrected chi connectivity index (χ4v) is 3.72. The third-order valence-electron chi connectivity index (χ3n) is 5.07. The van der Waals surface area contributed by atoms with E-state index in [0.29, 0.717) is 24.0 Å². The topological polar surface area (TPSA) is 79.4 Å². The Labute approximate surface area is 150 Å². The highest BCUT2D eigenvalue weighted by atomic mass is 16.2. The number of pyridine rings is 1. The predicted molar refractivity (Wildman–Crippen MR) is 97.1 cm³/mol. The van der Waals surface area contributed by atoms with Crippen molar-refractivity contribution in [3.8, 4) is 0 Å². The number of para-hydroxylation sites is 1. The van der Waals surface area contributed by atoms with Gasteiger partial charge in [0.1, 0.15) is 0 Å². The van der Waals surface area contributed by atoms with E-state index in [1.807, 2.05) is 36.4 Å². The molecule has 132 valence electrons. The average molecular weight is 349 g/mol. The molecule has 2 atom stereocenters. The van der Waals surface area contributed by atoms with Crippen molar-refractivity contribution < 1.29 is 14.4 Å². The number of rotatable bonds is 4. The molecule has 0 radical (unpaired) electrons. The Balaban J connectivity index is 1.41. The number of imide groups is 1. The van der Waals surface area contributed by atoms with E-state index in [-0.39, 0.29) is 42.5 Å². The minimum atomic E-state index is -0.252. The molecule has 6 nitrogen and oxygen atoms in total. The Kier molecular flexibility index (Phi) is 4.24. The van der Waals surface area contributed by atoms with Crippen LogP contribution in [0, 0.1) is 11.8 Å². The van der Waals surface area contributed by atoms with Crippen LogP contribution in [0.5, 0.6) is 0 Å². The summed E-state index contributed by atoms with van der Waals surface area (Å²) in [7, 11) is 0. The molecular weight excluding hydrogens is 330 g/mol. The first-order chi connectivity index (χ1) is 12.6. The van der Waals surface area contributed by atoms with Crippen LogP contribution >= 0.6 is 0 Å². The lowest BCUT2D eigenvalue weighted by Crippen LogP contribution is -2.34. The first-order valence-corrected chi connectivity index (χ1v) is 8.79. The Bertz CT molecular complexity index is 890. The molecule has 2 heterocycles. The molecule has 0 spiro atoms. The number of likely N-dealkylation sites (tertiary alicyclic amines) is 1.